The fourth-order valence-corrected chi connectivity index (χ4v) is 2.28. The maximum absolute atomic E-state index is 5.78. The van der Waals surface area contributed by atoms with E-state index in [0.717, 1.165) is 36.7 Å². The summed E-state index contributed by atoms with van der Waals surface area (Å²) in [6.45, 7) is 1.96. The molecule has 3 rings (SSSR count). The summed E-state index contributed by atoms with van der Waals surface area (Å²) in [4.78, 5) is 2.06. The zero-order valence-electron chi connectivity index (χ0n) is 11.3. The van der Waals surface area contributed by atoms with Crippen molar-refractivity contribution >= 4 is 5.69 Å². The quantitative estimate of drug-likeness (QED) is 0.911. The third-order valence-corrected chi connectivity index (χ3v) is 3.48. The van der Waals surface area contributed by atoms with Crippen LogP contribution in [0.4, 0.5) is 5.69 Å². The minimum absolute atomic E-state index is 0.363. The van der Waals surface area contributed by atoms with Crippen LogP contribution in [0.1, 0.15) is 18.2 Å². The van der Waals surface area contributed by atoms with Gasteiger partial charge in [0.25, 0.3) is 0 Å². The highest BCUT2D eigenvalue weighted by molar-refractivity contribution is 5.58. The second kappa shape index (κ2) is 5.01. The summed E-state index contributed by atoms with van der Waals surface area (Å²) in [5.74, 6) is 1.71. The van der Waals surface area contributed by atoms with E-state index in [1.54, 1.807) is 0 Å². The first-order valence-electron chi connectivity index (χ1n) is 6.56. The van der Waals surface area contributed by atoms with Gasteiger partial charge in [-0.3, -0.25) is 0 Å². The van der Waals surface area contributed by atoms with Crippen molar-refractivity contribution in [2.24, 2.45) is 0 Å². The zero-order valence-corrected chi connectivity index (χ0v) is 11.3. The molecule has 2 aromatic rings. The summed E-state index contributed by atoms with van der Waals surface area (Å²) in [6, 6.07) is 8.13. The number of nitrogens with zero attached hydrogens (tertiary/aromatic N) is 3. The Hall–Kier alpha value is -1.88. The fraction of sp³-hybridized carbons (Fsp3) is 0.429. The number of benzene rings is 1. The van der Waals surface area contributed by atoms with Crippen LogP contribution < -0.4 is 10.2 Å². The van der Waals surface area contributed by atoms with E-state index in [4.69, 9.17) is 4.42 Å². The summed E-state index contributed by atoms with van der Waals surface area (Å²) in [5.41, 5.74) is 2.12. The van der Waals surface area contributed by atoms with Gasteiger partial charge in [0.15, 0.2) is 0 Å². The number of hydrogen-bond donors (Lipinski definition) is 1. The number of hydrogen-bond acceptors (Lipinski definition) is 5. The van der Waals surface area contributed by atoms with E-state index in [9.17, 15) is 0 Å². The molecule has 1 aliphatic heterocycles. The summed E-state index contributed by atoms with van der Waals surface area (Å²) >= 11 is 0. The topological polar surface area (TPSA) is 54.2 Å². The van der Waals surface area contributed by atoms with Gasteiger partial charge in [-0.1, -0.05) is 0 Å². The Balaban J connectivity index is 1.81. The second-order valence-corrected chi connectivity index (χ2v) is 5.08. The predicted octanol–water partition coefficient (Wildman–Crippen LogP) is 1.88. The van der Waals surface area contributed by atoms with Gasteiger partial charge in [0.05, 0.1) is 5.92 Å². The molecule has 0 radical (unpaired) electrons. The van der Waals surface area contributed by atoms with Gasteiger partial charge in [0.2, 0.25) is 11.8 Å². The predicted molar refractivity (Wildman–Crippen MR) is 74.3 cm³/mol. The van der Waals surface area contributed by atoms with Crippen LogP contribution in [-0.4, -0.2) is 37.4 Å². The van der Waals surface area contributed by atoms with E-state index < -0.39 is 0 Å². The van der Waals surface area contributed by atoms with Gasteiger partial charge < -0.3 is 14.6 Å². The van der Waals surface area contributed by atoms with Gasteiger partial charge in [-0.05, 0) is 37.2 Å². The molecule has 0 unspecified atom stereocenters. The van der Waals surface area contributed by atoms with Crippen molar-refractivity contribution in [3.8, 4) is 11.5 Å². The Morgan fingerprint density at radius 2 is 2.00 bits per heavy atom. The molecule has 1 saturated heterocycles. The largest absolute Gasteiger partial charge is 0.420 e. The van der Waals surface area contributed by atoms with Gasteiger partial charge in [-0.25, -0.2) is 0 Å². The van der Waals surface area contributed by atoms with Crippen molar-refractivity contribution in [2.75, 3.05) is 32.1 Å². The van der Waals surface area contributed by atoms with Gasteiger partial charge in [0, 0.05) is 31.9 Å². The lowest BCUT2D eigenvalue weighted by Crippen LogP contribution is -2.08. The van der Waals surface area contributed by atoms with Crippen molar-refractivity contribution in [3.63, 3.8) is 0 Å². The molecule has 0 amide bonds. The summed E-state index contributed by atoms with van der Waals surface area (Å²) in [5, 5.41) is 11.6. The average molecular weight is 258 g/mol. The van der Waals surface area contributed by atoms with Gasteiger partial charge >= 0.3 is 0 Å². The molecule has 5 nitrogen and oxygen atoms in total. The molecular weight excluding hydrogens is 240 g/mol. The summed E-state index contributed by atoms with van der Waals surface area (Å²) in [6.07, 6.45) is 1.07. The monoisotopic (exact) mass is 258 g/mol. The summed E-state index contributed by atoms with van der Waals surface area (Å²) in [7, 11) is 4.04. The molecule has 19 heavy (non-hydrogen) atoms. The highest BCUT2D eigenvalue weighted by Gasteiger charge is 2.22. The number of rotatable bonds is 3. The molecule has 1 aromatic carbocycles. The molecule has 0 saturated carbocycles. The van der Waals surface area contributed by atoms with Crippen LogP contribution in [0.3, 0.4) is 0 Å². The molecule has 1 atom stereocenters. The molecule has 2 heterocycles. The third kappa shape index (κ3) is 2.46. The van der Waals surface area contributed by atoms with Crippen molar-refractivity contribution in [2.45, 2.75) is 12.3 Å². The minimum atomic E-state index is 0.363. The van der Waals surface area contributed by atoms with Crippen molar-refractivity contribution < 1.29 is 4.42 Å². The maximum atomic E-state index is 5.78. The molecule has 0 aliphatic carbocycles. The van der Waals surface area contributed by atoms with E-state index in [1.165, 1.54) is 0 Å². The summed E-state index contributed by atoms with van der Waals surface area (Å²) < 4.78 is 5.78. The Morgan fingerprint density at radius 3 is 2.63 bits per heavy atom. The Kier molecular flexibility index (Phi) is 3.21. The zero-order chi connectivity index (χ0) is 13.2. The first-order valence-corrected chi connectivity index (χ1v) is 6.56. The lowest BCUT2D eigenvalue weighted by atomic mass is 10.1. The van der Waals surface area contributed by atoms with Gasteiger partial charge in [-0.15, -0.1) is 10.2 Å². The average Bonchev–Trinajstić information content (AvgIpc) is 3.10. The SMILES string of the molecule is CN(C)c1ccc(-c2nnc([C@H]3CCNC3)o2)cc1. The van der Waals surface area contributed by atoms with E-state index >= 15 is 0 Å². The number of aromatic nitrogens is 2. The van der Waals surface area contributed by atoms with Crippen LogP contribution in [0.25, 0.3) is 11.5 Å². The standard InChI is InChI=1S/C14H18N4O/c1-18(2)12-5-3-10(4-6-12)13-16-17-14(19-13)11-7-8-15-9-11/h3-6,11,15H,7-9H2,1-2H3/t11-/m0/s1. The van der Waals surface area contributed by atoms with Gasteiger partial charge in [0.1, 0.15) is 0 Å². The highest BCUT2D eigenvalue weighted by atomic mass is 16.4. The Labute approximate surface area is 112 Å². The molecule has 1 N–H and O–H groups in total. The van der Waals surface area contributed by atoms with E-state index in [2.05, 4.69) is 32.5 Å². The fourth-order valence-electron chi connectivity index (χ4n) is 2.28. The molecule has 5 heteroatoms. The van der Waals surface area contributed by atoms with E-state index in [-0.39, 0.29) is 0 Å². The maximum Gasteiger partial charge on any atom is 0.247 e. The molecule has 1 aliphatic rings. The minimum Gasteiger partial charge on any atom is -0.420 e. The Morgan fingerprint density at radius 1 is 1.21 bits per heavy atom. The molecule has 0 spiro atoms. The first-order chi connectivity index (χ1) is 9.24. The van der Waals surface area contributed by atoms with Crippen molar-refractivity contribution in [3.05, 3.63) is 30.2 Å². The Bertz CT molecular complexity index is 541. The second-order valence-electron chi connectivity index (χ2n) is 5.08. The molecule has 1 aromatic heterocycles. The smallest absolute Gasteiger partial charge is 0.247 e. The molecule has 0 bridgehead atoms. The van der Waals surface area contributed by atoms with Crippen LogP contribution in [0.5, 0.6) is 0 Å². The first kappa shape index (κ1) is 12.2. The normalized spacial score (nSPS) is 18.7. The number of anilines is 1. The highest BCUT2D eigenvalue weighted by Crippen LogP contribution is 2.26. The van der Waals surface area contributed by atoms with Crippen LogP contribution >= 0.6 is 0 Å². The third-order valence-electron chi connectivity index (χ3n) is 3.48. The van der Waals surface area contributed by atoms with E-state index in [0.29, 0.717) is 11.8 Å². The van der Waals surface area contributed by atoms with Crippen molar-refractivity contribution in [1.29, 1.82) is 0 Å². The van der Waals surface area contributed by atoms with E-state index in [1.807, 2.05) is 26.2 Å². The lowest BCUT2D eigenvalue weighted by Gasteiger charge is -2.11. The lowest BCUT2D eigenvalue weighted by molar-refractivity contribution is 0.467. The van der Waals surface area contributed by atoms with Crippen LogP contribution in [-0.2, 0) is 0 Å². The van der Waals surface area contributed by atoms with Crippen LogP contribution in [0.2, 0.25) is 0 Å². The molecular formula is C14H18N4O. The van der Waals surface area contributed by atoms with Crippen LogP contribution in [0.15, 0.2) is 28.7 Å². The van der Waals surface area contributed by atoms with Gasteiger partial charge in [-0.2, -0.15) is 0 Å². The molecule has 100 valence electrons. The van der Waals surface area contributed by atoms with Crippen LogP contribution in [0, 0.1) is 0 Å². The molecule has 1 fully saturated rings. The number of nitrogens with one attached hydrogen (secondary N) is 1. The van der Waals surface area contributed by atoms with Crippen molar-refractivity contribution in [1.82, 2.24) is 15.5 Å².